The van der Waals surface area contributed by atoms with E-state index in [1.54, 1.807) is 0 Å². The van der Waals surface area contributed by atoms with Gasteiger partial charge in [0, 0.05) is 5.03 Å². The summed E-state index contributed by atoms with van der Waals surface area (Å²) in [6.07, 6.45) is 6.50. The van der Waals surface area contributed by atoms with Gasteiger partial charge in [0.15, 0.2) is 0 Å². The minimum absolute atomic E-state index is 0.632. The molecule has 1 aliphatic rings. The Kier molecular flexibility index (Phi) is 2.56. The van der Waals surface area contributed by atoms with Crippen LogP contribution in [0.5, 0.6) is 0 Å². The lowest BCUT2D eigenvalue weighted by Gasteiger charge is -2.13. The first-order valence-electron chi connectivity index (χ1n) is 3.79. The van der Waals surface area contributed by atoms with E-state index in [0.29, 0.717) is 5.92 Å². The lowest BCUT2D eigenvalue weighted by molar-refractivity contribution is 0.715. The molecule has 56 valence electrons. The molecule has 0 fully saturated rings. The molecule has 0 aromatic carbocycles. The van der Waals surface area contributed by atoms with Crippen LogP contribution in [0, 0.1) is 5.92 Å². The van der Waals surface area contributed by atoms with Gasteiger partial charge in [0.25, 0.3) is 0 Å². The summed E-state index contributed by atoms with van der Waals surface area (Å²) in [5, 5.41) is 1.01. The summed E-state index contributed by atoms with van der Waals surface area (Å²) in [5.41, 5.74) is 1.38. The summed E-state index contributed by atoms with van der Waals surface area (Å²) in [5.74, 6) is 0.632. The van der Waals surface area contributed by atoms with Crippen molar-refractivity contribution in [1.29, 1.82) is 0 Å². The Morgan fingerprint density at radius 2 is 2.40 bits per heavy atom. The Bertz CT molecular complexity index is 177. The first kappa shape index (κ1) is 7.87. The van der Waals surface area contributed by atoms with Gasteiger partial charge in [-0.15, -0.1) is 0 Å². The zero-order chi connectivity index (χ0) is 7.56. The molecule has 1 atom stereocenters. The molecule has 0 saturated carbocycles. The lowest BCUT2D eigenvalue weighted by Crippen LogP contribution is -1.97. The van der Waals surface area contributed by atoms with Gasteiger partial charge in [0.1, 0.15) is 0 Å². The fourth-order valence-corrected chi connectivity index (χ4v) is 1.64. The average molecular weight is 157 g/mol. The maximum absolute atomic E-state index is 5.91. The molecular formula is C9H13Cl. The van der Waals surface area contributed by atoms with E-state index >= 15 is 0 Å². The highest BCUT2D eigenvalue weighted by Gasteiger charge is 2.07. The lowest BCUT2D eigenvalue weighted by atomic mass is 9.97. The standard InChI is InChI=1S/C9H13Cl/c1-3-8-4-7(2)5-9(10)6-8/h4,6-7H,3,5H2,1-2H3. The molecule has 0 aromatic heterocycles. The Morgan fingerprint density at radius 1 is 1.70 bits per heavy atom. The molecule has 0 bridgehead atoms. The van der Waals surface area contributed by atoms with Gasteiger partial charge in [0.05, 0.1) is 0 Å². The van der Waals surface area contributed by atoms with Crippen molar-refractivity contribution >= 4 is 11.6 Å². The number of rotatable bonds is 1. The molecule has 0 saturated heterocycles. The second kappa shape index (κ2) is 3.25. The van der Waals surface area contributed by atoms with Crippen LogP contribution in [0.15, 0.2) is 22.8 Å². The van der Waals surface area contributed by atoms with E-state index in [1.165, 1.54) is 5.57 Å². The van der Waals surface area contributed by atoms with Crippen LogP contribution in [-0.4, -0.2) is 0 Å². The predicted octanol–water partition coefficient (Wildman–Crippen LogP) is 3.49. The topological polar surface area (TPSA) is 0 Å². The van der Waals surface area contributed by atoms with E-state index < -0.39 is 0 Å². The maximum atomic E-state index is 5.91. The number of hydrogen-bond acceptors (Lipinski definition) is 0. The van der Waals surface area contributed by atoms with Crippen LogP contribution in [0.4, 0.5) is 0 Å². The van der Waals surface area contributed by atoms with Gasteiger partial charge in [-0.1, -0.05) is 37.1 Å². The minimum Gasteiger partial charge on any atom is -0.0891 e. The van der Waals surface area contributed by atoms with Crippen LogP contribution >= 0.6 is 11.6 Å². The second-order valence-corrected chi connectivity index (χ2v) is 3.35. The summed E-state index contributed by atoms with van der Waals surface area (Å²) in [7, 11) is 0. The van der Waals surface area contributed by atoms with Crippen LogP contribution in [0.1, 0.15) is 26.7 Å². The van der Waals surface area contributed by atoms with Crippen LogP contribution < -0.4 is 0 Å². The summed E-state index contributed by atoms with van der Waals surface area (Å²) < 4.78 is 0. The van der Waals surface area contributed by atoms with E-state index in [2.05, 4.69) is 26.0 Å². The smallest absolute Gasteiger partial charge is 0.0189 e. The van der Waals surface area contributed by atoms with Crippen molar-refractivity contribution in [1.82, 2.24) is 0 Å². The van der Waals surface area contributed by atoms with E-state index in [-0.39, 0.29) is 0 Å². The molecule has 0 aliphatic heterocycles. The van der Waals surface area contributed by atoms with Gasteiger partial charge < -0.3 is 0 Å². The number of hydrogen-bond donors (Lipinski definition) is 0. The summed E-state index contributed by atoms with van der Waals surface area (Å²) in [6.45, 7) is 4.36. The Labute approximate surface area is 67.6 Å². The molecule has 0 radical (unpaired) electrons. The van der Waals surface area contributed by atoms with Gasteiger partial charge in [0.2, 0.25) is 0 Å². The van der Waals surface area contributed by atoms with Gasteiger partial charge in [-0.05, 0) is 24.8 Å². The first-order chi connectivity index (χ1) is 4.72. The molecule has 0 amide bonds. The summed E-state index contributed by atoms with van der Waals surface area (Å²) >= 11 is 5.91. The zero-order valence-electron chi connectivity index (χ0n) is 6.52. The van der Waals surface area contributed by atoms with Crippen molar-refractivity contribution < 1.29 is 0 Å². The third-order valence-corrected chi connectivity index (χ3v) is 2.03. The highest BCUT2D eigenvalue weighted by molar-refractivity contribution is 6.29. The molecule has 0 N–H and O–H groups in total. The molecule has 0 nitrogen and oxygen atoms in total. The second-order valence-electron chi connectivity index (χ2n) is 2.87. The molecule has 1 unspecified atom stereocenters. The maximum Gasteiger partial charge on any atom is 0.0189 e. The van der Waals surface area contributed by atoms with Gasteiger partial charge in [-0.3, -0.25) is 0 Å². The molecule has 1 rings (SSSR count). The van der Waals surface area contributed by atoms with Crippen molar-refractivity contribution in [3.8, 4) is 0 Å². The van der Waals surface area contributed by atoms with Crippen LogP contribution in [0.25, 0.3) is 0 Å². The van der Waals surface area contributed by atoms with Crippen LogP contribution in [0.2, 0.25) is 0 Å². The van der Waals surface area contributed by atoms with Crippen LogP contribution in [-0.2, 0) is 0 Å². The van der Waals surface area contributed by atoms with Gasteiger partial charge >= 0.3 is 0 Å². The van der Waals surface area contributed by atoms with Crippen molar-refractivity contribution in [3.05, 3.63) is 22.8 Å². The normalized spacial score (nSPS) is 25.7. The van der Waals surface area contributed by atoms with Crippen molar-refractivity contribution in [2.24, 2.45) is 5.92 Å². The molecule has 1 heteroatoms. The number of allylic oxidation sites excluding steroid dienone is 4. The van der Waals surface area contributed by atoms with Crippen molar-refractivity contribution in [3.63, 3.8) is 0 Å². The van der Waals surface area contributed by atoms with Crippen molar-refractivity contribution in [2.45, 2.75) is 26.7 Å². The van der Waals surface area contributed by atoms with Crippen molar-refractivity contribution in [2.75, 3.05) is 0 Å². The average Bonchev–Trinajstić information content (AvgIpc) is 1.85. The molecule has 0 aromatic rings. The predicted molar refractivity (Wildman–Crippen MR) is 46.1 cm³/mol. The third kappa shape index (κ3) is 1.88. The van der Waals surface area contributed by atoms with E-state index in [0.717, 1.165) is 17.9 Å². The highest BCUT2D eigenvalue weighted by Crippen LogP contribution is 2.25. The Hall–Kier alpha value is -0.230. The van der Waals surface area contributed by atoms with E-state index in [9.17, 15) is 0 Å². The van der Waals surface area contributed by atoms with Gasteiger partial charge in [-0.2, -0.15) is 0 Å². The summed E-state index contributed by atoms with van der Waals surface area (Å²) in [4.78, 5) is 0. The molecule has 0 heterocycles. The largest absolute Gasteiger partial charge is 0.0891 e. The SMILES string of the molecule is CCC1=CC(C)CC(Cl)=C1. The molecule has 0 spiro atoms. The minimum atomic E-state index is 0.632. The van der Waals surface area contributed by atoms with Crippen LogP contribution in [0.3, 0.4) is 0 Å². The zero-order valence-corrected chi connectivity index (χ0v) is 7.28. The highest BCUT2D eigenvalue weighted by atomic mass is 35.5. The van der Waals surface area contributed by atoms with E-state index in [4.69, 9.17) is 11.6 Å². The molecule has 10 heavy (non-hydrogen) atoms. The fraction of sp³-hybridized carbons (Fsp3) is 0.556. The Morgan fingerprint density at radius 3 is 2.90 bits per heavy atom. The molecular weight excluding hydrogens is 144 g/mol. The monoisotopic (exact) mass is 156 g/mol. The fourth-order valence-electron chi connectivity index (χ4n) is 1.26. The Balaban J connectivity index is 2.72. The van der Waals surface area contributed by atoms with E-state index in [1.807, 2.05) is 0 Å². The number of halogens is 1. The third-order valence-electron chi connectivity index (χ3n) is 1.77. The summed E-state index contributed by atoms with van der Waals surface area (Å²) in [6, 6.07) is 0. The quantitative estimate of drug-likeness (QED) is 0.545. The molecule has 1 aliphatic carbocycles. The first-order valence-corrected chi connectivity index (χ1v) is 4.17. The van der Waals surface area contributed by atoms with Gasteiger partial charge in [-0.25, -0.2) is 0 Å².